The van der Waals surface area contributed by atoms with Crippen molar-refractivity contribution < 1.29 is 9.84 Å². The average Bonchev–Trinajstić information content (AvgIpc) is 2.18. The first-order valence-corrected chi connectivity index (χ1v) is 5.71. The topological polar surface area (TPSA) is 29.5 Å². The molecule has 0 amide bonds. The van der Waals surface area contributed by atoms with Gasteiger partial charge in [0.15, 0.2) is 0 Å². The van der Waals surface area contributed by atoms with E-state index < -0.39 is 0 Å². The van der Waals surface area contributed by atoms with Gasteiger partial charge in [0.25, 0.3) is 0 Å². The molecule has 0 aromatic heterocycles. The van der Waals surface area contributed by atoms with Crippen LogP contribution in [0.1, 0.15) is 24.8 Å². The molecule has 1 aromatic rings. The Hall–Kier alpha value is -1.02. The maximum Gasteiger partial charge on any atom is 0.122 e. The molecule has 82 valence electrons. The van der Waals surface area contributed by atoms with Crippen LogP contribution in [0.5, 0.6) is 5.75 Å². The average molecular weight is 206 g/mol. The third kappa shape index (κ3) is 2.72. The molecule has 1 aromatic carbocycles. The lowest BCUT2D eigenvalue weighted by atomic mass is 9.86. The van der Waals surface area contributed by atoms with Crippen molar-refractivity contribution in [3.8, 4) is 5.75 Å². The molecule has 0 heterocycles. The van der Waals surface area contributed by atoms with Crippen LogP contribution in [0.15, 0.2) is 24.3 Å². The predicted molar refractivity (Wildman–Crippen MR) is 60.1 cm³/mol. The number of para-hydroxylation sites is 1. The number of rotatable bonds is 5. The molecule has 1 fully saturated rings. The van der Waals surface area contributed by atoms with Crippen molar-refractivity contribution in [1.29, 1.82) is 0 Å². The Balaban J connectivity index is 1.92. The standard InChI is InChI=1S/C13H18O2/c14-9-8-12-6-1-2-7-13(12)15-10-11-4-3-5-11/h1-2,6-7,11,14H,3-5,8-10H2. The van der Waals surface area contributed by atoms with E-state index in [0.717, 1.165) is 23.8 Å². The molecule has 2 rings (SSSR count). The molecule has 0 spiro atoms. The van der Waals surface area contributed by atoms with Crippen LogP contribution >= 0.6 is 0 Å². The Morgan fingerprint density at radius 3 is 2.73 bits per heavy atom. The number of hydrogen-bond acceptors (Lipinski definition) is 2. The van der Waals surface area contributed by atoms with Gasteiger partial charge in [0.2, 0.25) is 0 Å². The summed E-state index contributed by atoms with van der Waals surface area (Å²) < 4.78 is 5.78. The molecule has 0 saturated heterocycles. The van der Waals surface area contributed by atoms with Gasteiger partial charge in [0.05, 0.1) is 6.61 Å². The van der Waals surface area contributed by atoms with Gasteiger partial charge < -0.3 is 9.84 Å². The van der Waals surface area contributed by atoms with Crippen molar-refractivity contribution >= 4 is 0 Å². The number of benzene rings is 1. The molecule has 1 saturated carbocycles. The third-order valence-corrected chi connectivity index (χ3v) is 3.05. The van der Waals surface area contributed by atoms with Crippen LogP contribution in [0.2, 0.25) is 0 Å². The van der Waals surface area contributed by atoms with Crippen LogP contribution in [0, 0.1) is 5.92 Å². The Morgan fingerprint density at radius 2 is 2.07 bits per heavy atom. The van der Waals surface area contributed by atoms with E-state index in [2.05, 4.69) is 0 Å². The van der Waals surface area contributed by atoms with Crippen molar-refractivity contribution in [3.63, 3.8) is 0 Å². The maximum atomic E-state index is 8.92. The first kappa shape index (κ1) is 10.5. The number of ether oxygens (including phenoxy) is 1. The highest BCUT2D eigenvalue weighted by molar-refractivity contribution is 5.33. The quantitative estimate of drug-likeness (QED) is 0.801. The lowest BCUT2D eigenvalue weighted by molar-refractivity contribution is 0.179. The molecule has 0 unspecified atom stereocenters. The monoisotopic (exact) mass is 206 g/mol. The minimum absolute atomic E-state index is 0.184. The zero-order chi connectivity index (χ0) is 10.5. The molecular weight excluding hydrogens is 188 g/mol. The van der Waals surface area contributed by atoms with Gasteiger partial charge in [0, 0.05) is 6.61 Å². The van der Waals surface area contributed by atoms with Crippen LogP contribution in [0.3, 0.4) is 0 Å². The van der Waals surface area contributed by atoms with E-state index in [1.165, 1.54) is 19.3 Å². The minimum atomic E-state index is 0.184. The molecule has 2 nitrogen and oxygen atoms in total. The normalized spacial score (nSPS) is 16.1. The molecule has 0 radical (unpaired) electrons. The zero-order valence-corrected chi connectivity index (χ0v) is 8.98. The summed E-state index contributed by atoms with van der Waals surface area (Å²) in [5.74, 6) is 1.70. The molecular formula is C13H18O2. The van der Waals surface area contributed by atoms with Crippen LogP contribution < -0.4 is 4.74 Å². The van der Waals surface area contributed by atoms with Crippen molar-refractivity contribution in [2.45, 2.75) is 25.7 Å². The van der Waals surface area contributed by atoms with Gasteiger partial charge in [-0.2, -0.15) is 0 Å². The Labute approximate surface area is 90.9 Å². The largest absolute Gasteiger partial charge is 0.493 e. The zero-order valence-electron chi connectivity index (χ0n) is 8.98. The molecule has 15 heavy (non-hydrogen) atoms. The highest BCUT2D eigenvalue weighted by atomic mass is 16.5. The van der Waals surface area contributed by atoms with Crippen molar-refractivity contribution in [2.75, 3.05) is 13.2 Å². The first-order valence-electron chi connectivity index (χ1n) is 5.71. The number of hydrogen-bond donors (Lipinski definition) is 1. The molecule has 1 N–H and O–H groups in total. The third-order valence-electron chi connectivity index (χ3n) is 3.05. The Bertz CT molecular complexity index is 305. The summed E-state index contributed by atoms with van der Waals surface area (Å²) in [6, 6.07) is 7.98. The van der Waals surface area contributed by atoms with E-state index in [9.17, 15) is 0 Å². The second-order valence-electron chi connectivity index (χ2n) is 4.19. The van der Waals surface area contributed by atoms with Crippen LogP contribution in [0.25, 0.3) is 0 Å². The Morgan fingerprint density at radius 1 is 1.27 bits per heavy atom. The van der Waals surface area contributed by atoms with Crippen molar-refractivity contribution in [3.05, 3.63) is 29.8 Å². The summed E-state index contributed by atoms with van der Waals surface area (Å²) in [5, 5.41) is 8.92. The second kappa shape index (κ2) is 5.17. The van der Waals surface area contributed by atoms with E-state index in [0.29, 0.717) is 6.42 Å². The molecule has 2 heteroatoms. The molecule has 1 aliphatic rings. The fourth-order valence-corrected chi connectivity index (χ4v) is 1.84. The second-order valence-corrected chi connectivity index (χ2v) is 4.19. The van der Waals surface area contributed by atoms with Crippen molar-refractivity contribution in [1.82, 2.24) is 0 Å². The molecule has 0 bridgehead atoms. The molecule has 1 aliphatic carbocycles. The van der Waals surface area contributed by atoms with Gasteiger partial charge in [-0.3, -0.25) is 0 Å². The van der Waals surface area contributed by atoms with E-state index in [1.807, 2.05) is 24.3 Å². The first-order chi connectivity index (χ1) is 7.40. The highest BCUT2D eigenvalue weighted by Crippen LogP contribution is 2.28. The van der Waals surface area contributed by atoms with Gasteiger partial charge in [-0.05, 0) is 36.8 Å². The van der Waals surface area contributed by atoms with Gasteiger partial charge >= 0.3 is 0 Å². The highest BCUT2D eigenvalue weighted by Gasteiger charge is 2.18. The fourth-order valence-electron chi connectivity index (χ4n) is 1.84. The maximum absolute atomic E-state index is 8.92. The summed E-state index contributed by atoms with van der Waals surface area (Å²) in [5.41, 5.74) is 1.11. The SMILES string of the molecule is OCCc1ccccc1OCC1CCC1. The lowest BCUT2D eigenvalue weighted by Gasteiger charge is -2.25. The summed E-state index contributed by atoms with van der Waals surface area (Å²) in [4.78, 5) is 0. The van der Waals surface area contributed by atoms with Gasteiger partial charge in [-0.15, -0.1) is 0 Å². The van der Waals surface area contributed by atoms with Crippen LogP contribution in [-0.2, 0) is 6.42 Å². The number of aliphatic hydroxyl groups excluding tert-OH is 1. The van der Waals surface area contributed by atoms with E-state index in [-0.39, 0.29) is 6.61 Å². The Kier molecular flexibility index (Phi) is 3.62. The van der Waals surface area contributed by atoms with Crippen LogP contribution in [-0.4, -0.2) is 18.3 Å². The van der Waals surface area contributed by atoms with Gasteiger partial charge in [0.1, 0.15) is 5.75 Å². The molecule has 0 aliphatic heterocycles. The summed E-state index contributed by atoms with van der Waals surface area (Å²) in [6.45, 7) is 1.02. The predicted octanol–water partition coefficient (Wildman–Crippen LogP) is 2.40. The minimum Gasteiger partial charge on any atom is -0.493 e. The summed E-state index contributed by atoms with van der Waals surface area (Å²) in [6.07, 6.45) is 4.65. The smallest absolute Gasteiger partial charge is 0.122 e. The van der Waals surface area contributed by atoms with Crippen molar-refractivity contribution in [2.24, 2.45) is 5.92 Å². The molecule has 0 atom stereocenters. The van der Waals surface area contributed by atoms with Gasteiger partial charge in [-0.1, -0.05) is 24.6 Å². The van der Waals surface area contributed by atoms with E-state index >= 15 is 0 Å². The van der Waals surface area contributed by atoms with E-state index in [1.54, 1.807) is 0 Å². The number of aliphatic hydroxyl groups is 1. The van der Waals surface area contributed by atoms with Crippen LogP contribution in [0.4, 0.5) is 0 Å². The lowest BCUT2D eigenvalue weighted by Crippen LogP contribution is -2.19. The van der Waals surface area contributed by atoms with E-state index in [4.69, 9.17) is 9.84 Å². The van der Waals surface area contributed by atoms with Gasteiger partial charge in [-0.25, -0.2) is 0 Å². The summed E-state index contributed by atoms with van der Waals surface area (Å²) in [7, 11) is 0. The summed E-state index contributed by atoms with van der Waals surface area (Å²) >= 11 is 0. The fraction of sp³-hybridized carbons (Fsp3) is 0.538.